The van der Waals surface area contributed by atoms with Crippen LogP contribution in [0.5, 0.6) is 0 Å². The Kier molecular flexibility index (Phi) is 22.7. The summed E-state index contributed by atoms with van der Waals surface area (Å²) in [5.74, 6) is 0.620. The van der Waals surface area contributed by atoms with E-state index in [1.807, 2.05) is 0 Å². The fraction of sp³-hybridized carbons (Fsp3) is 0.923. The zero-order chi connectivity index (χ0) is 31.8. The van der Waals surface area contributed by atoms with Gasteiger partial charge < -0.3 is 14.9 Å². The minimum absolute atomic E-state index is 0.107. The summed E-state index contributed by atoms with van der Waals surface area (Å²) in [5.41, 5.74) is 0.927. The second-order valence-corrected chi connectivity index (χ2v) is 14.4. The molecule has 0 saturated carbocycles. The van der Waals surface area contributed by atoms with Crippen LogP contribution in [0.1, 0.15) is 194 Å². The second kappa shape index (κ2) is 25.3. The van der Waals surface area contributed by atoms with Crippen molar-refractivity contribution in [1.82, 2.24) is 0 Å². The fourth-order valence-corrected chi connectivity index (χ4v) is 7.22. The zero-order valence-corrected chi connectivity index (χ0v) is 28.9. The van der Waals surface area contributed by atoms with E-state index in [9.17, 15) is 19.4 Å². The monoisotopic (exact) mass is 622 g/mol. The Bertz CT molecular complexity index is 740. The number of carbonyl (C=O) groups is 1. The van der Waals surface area contributed by atoms with Gasteiger partial charge in [0.1, 0.15) is 6.17 Å². The largest absolute Gasteiger partial charge is 0.390 e. The number of hydrogen-bond acceptors (Lipinski definition) is 4. The number of ketones is 1. The lowest BCUT2D eigenvalue weighted by atomic mass is 9.99. The van der Waals surface area contributed by atoms with Crippen molar-refractivity contribution < 1.29 is 24.1 Å². The molecule has 1 heterocycles. The lowest BCUT2D eigenvalue weighted by Crippen LogP contribution is -2.31. The summed E-state index contributed by atoms with van der Waals surface area (Å²) in [4.78, 5) is 11.8. The van der Waals surface area contributed by atoms with E-state index >= 15 is 0 Å². The van der Waals surface area contributed by atoms with E-state index in [4.69, 9.17) is 4.74 Å². The van der Waals surface area contributed by atoms with Crippen molar-refractivity contribution in [2.24, 2.45) is 5.92 Å². The highest BCUT2D eigenvalue weighted by Crippen LogP contribution is 2.29. The summed E-state index contributed by atoms with van der Waals surface area (Å²) in [7, 11) is 0. The Balaban J connectivity index is 1.35. The molecule has 0 bridgehead atoms. The minimum Gasteiger partial charge on any atom is -0.390 e. The third kappa shape index (κ3) is 18.4. The van der Waals surface area contributed by atoms with Crippen LogP contribution in [0.3, 0.4) is 0 Å². The SMILES string of the molecule is CCCCCCCCCCCCCC[C@@H](O)[C@H]1CC[C@H]([C@H](O)CCCCCCCCCC([18F])CCCC2=C[C@H](C)CC2=O)O1. The van der Waals surface area contributed by atoms with Gasteiger partial charge in [0.05, 0.1) is 24.4 Å². The van der Waals surface area contributed by atoms with Gasteiger partial charge in [-0.2, -0.15) is 0 Å². The number of unbranched alkanes of at least 4 members (excludes halogenated alkanes) is 17. The Morgan fingerprint density at radius 3 is 1.52 bits per heavy atom. The van der Waals surface area contributed by atoms with Crippen LogP contribution >= 0.6 is 0 Å². The first kappa shape index (κ1) is 39.4. The zero-order valence-electron chi connectivity index (χ0n) is 28.9. The Labute approximate surface area is 271 Å². The van der Waals surface area contributed by atoms with Crippen LogP contribution in [-0.4, -0.2) is 46.6 Å². The quantitative estimate of drug-likeness (QED) is 0.0816. The molecule has 0 amide bonds. The van der Waals surface area contributed by atoms with E-state index < -0.39 is 18.4 Å². The molecule has 0 radical (unpaired) electrons. The Hall–Kier alpha value is -0.780. The van der Waals surface area contributed by atoms with Gasteiger partial charge in [-0.25, -0.2) is 4.39 Å². The number of alkyl halides is 1. The van der Waals surface area contributed by atoms with Crippen LogP contribution in [-0.2, 0) is 9.53 Å². The van der Waals surface area contributed by atoms with Crippen LogP contribution in [0.25, 0.3) is 0 Å². The van der Waals surface area contributed by atoms with Gasteiger partial charge in [-0.05, 0) is 62.9 Å². The number of halogens is 1. The minimum atomic E-state index is -0.737. The fourth-order valence-electron chi connectivity index (χ4n) is 7.22. The maximum absolute atomic E-state index is 14.2. The van der Waals surface area contributed by atoms with Gasteiger partial charge in [-0.3, -0.25) is 4.79 Å². The van der Waals surface area contributed by atoms with E-state index in [0.717, 1.165) is 82.6 Å². The van der Waals surface area contributed by atoms with Crippen molar-refractivity contribution in [3.63, 3.8) is 0 Å². The summed E-state index contributed by atoms with van der Waals surface area (Å²) in [5, 5.41) is 21.3. The van der Waals surface area contributed by atoms with Gasteiger partial charge in [-0.1, -0.05) is 142 Å². The number of carbonyl (C=O) groups excluding carboxylic acids is 1. The van der Waals surface area contributed by atoms with E-state index in [1.165, 1.54) is 83.5 Å². The van der Waals surface area contributed by atoms with Crippen molar-refractivity contribution in [3.8, 4) is 0 Å². The van der Waals surface area contributed by atoms with Crippen molar-refractivity contribution in [2.75, 3.05) is 0 Å². The average Bonchev–Trinajstić information content (AvgIpc) is 3.63. The van der Waals surface area contributed by atoms with E-state index in [1.54, 1.807) is 0 Å². The van der Waals surface area contributed by atoms with Crippen LogP contribution in [0.4, 0.5) is 4.39 Å². The van der Waals surface area contributed by atoms with E-state index in [0.29, 0.717) is 25.2 Å². The highest BCUT2D eigenvalue weighted by Gasteiger charge is 2.34. The molecule has 258 valence electrons. The molecule has 1 fully saturated rings. The van der Waals surface area contributed by atoms with Crippen molar-refractivity contribution in [3.05, 3.63) is 11.6 Å². The van der Waals surface area contributed by atoms with Crippen LogP contribution in [0, 0.1) is 5.92 Å². The predicted octanol–water partition coefficient (Wildman–Crippen LogP) is 10.9. The number of ether oxygens (including phenoxy) is 1. The summed E-state index contributed by atoms with van der Waals surface area (Å²) >= 11 is 0. The van der Waals surface area contributed by atoms with Gasteiger partial charge in [0, 0.05) is 6.42 Å². The summed E-state index contributed by atoms with van der Waals surface area (Å²) in [6.45, 7) is 4.34. The number of hydrogen-bond donors (Lipinski definition) is 2. The topological polar surface area (TPSA) is 66.8 Å². The predicted molar refractivity (Wildman–Crippen MR) is 183 cm³/mol. The van der Waals surface area contributed by atoms with Gasteiger partial charge in [-0.15, -0.1) is 0 Å². The van der Waals surface area contributed by atoms with Crippen molar-refractivity contribution in [2.45, 2.75) is 224 Å². The van der Waals surface area contributed by atoms with E-state index in [2.05, 4.69) is 19.9 Å². The molecule has 2 N–H and O–H groups in total. The molecule has 0 aromatic heterocycles. The number of Topliss-reactive ketones (excluding diaryl/α,β-unsaturated/α-hetero) is 1. The molecule has 2 aliphatic rings. The lowest BCUT2D eigenvalue weighted by Gasteiger charge is -2.22. The molecule has 44 heavy (non-hydrogen) atoms. The highest BCUT2D eigenvalue weighted by atomic mass is 18.2. The van der Waals surface area contributed by atoms with Crippen LogP contribution in [0.15, 0.2) is 11.6 Å². The molecule has 1 saturated heterocycles. The van der Waals surface area contributed by atoms with Crippen molar-refractivity contribution >= 4 is 5.78 Å². The van der Waals surface area contributed by atoms with Gasteiger partial charge >= 0.3 is 0 Å². The molecule has 0 aromatic rings. The number of aliphatic hydroxyl groups is 2. The average molecular weight is 622 g/mol. The molecule has 5 heteroatoms. The normalized spacial score (nSPS) is 22.4. The molecule has 0 spiro atoms. The third-order valence-electron chi connectivity index (χ3n) is 10.1. The first-order valence-electron chi connectivity index (χ1n) is 19.3. The number of rotatable bonds is 29. The standard InChI is InChI=1S/C39H71FO4/c1-3-4-5-6-7-8-9-10-11-14-17-20-26-35(41)38-28-29-39(44-38)36(42)27-21-18-15-12-13-16-19-24-34(40)25-22-23-33-30-32(2)31-37(33)43/h30,32,34-36,38-39,41-42H,3-29,31H2,1-2H3/t32-,34?,35+,36+,38+,39+/m0/s1/i40-1. The third-order valence-corrected chi connectivity index (χ3v) is 10.1. The number of allylic oxidation sites excluding steroid dienone is 2. The first-order chi connectivity index (χ1) is 21.4. The Morgan fingerprint density at radius 1 is 0.682 bits per heavy atom. The molecular weight excluding hydrogens is 550 g/mol. The van der Waals surface area contributed by atoms with Gasteiger partial charge in [0.25, 0.3) is 0 Å². The highest BCUT2D eigenvalue weighted by molar-refractivity contribution is 5.97. The molecule has 0 aromatic carbocycles. The maximum atomic E-state index is 14.2. The van der Waals surface area contributed by atoms with Gasteiger partial charge in [0.15, 0.2) is 5.78 Å². The summed E-state index contributed by atoms with van der Waals surface area (Å²) in [6, 6.07) is 0. The number of aliphatic hydroxyl groups excluding tert-OH is 2. The first-order valence-corrected chi connectivity index (χ1v) is 19.3. The van der Waals surface area contributed by atoms with E-state index in [-0.39, 0.29) is 18.0 Å². The molecule has 6 atom stereocenters. The van der Waals surface area contributed by atoms with Crippen LogP contribution in [0.2, 0.25) is 0 Å². The maximum Gasteiger partial charge on any atom is 0.159 e. The van der Waals surface area contributed by atoms with Crippen molar-refractivity contribution in [1.29, 1.82) is 0 Å². The Morgan fingerprint density at radius 2 is 1.09 bits per heavy atom. The molecular formula is C39H71FO4. The van der Waals surface area contributed by atoms with Gasteiger partial charge in [0.2, 0.25) is 0 Å². The summed E-state index contributed by atoms with van der Waals surface area (Å²) in [6.07, 6.45) is 30.5. The van der Waals surface area contributed by atoms with Crippen LogP contribution < -0.4 is 0 Å². The molecule has 1 aliphatic carbocycles. The second-order valence-electron chi connectivity index (χ2n) is 14.4. The summed E-state index contributed by atoms with van der Waals surface area (Å²) < 4.78 is 20.3. The lowest BCUT2D eigenvalue weighted by molar-refractivity contribution is -0.115. The molecule has 1 aliphatic heterocycles. The molecule has 2 rings (SSSR count). The smallest absolute Gasteiger partial charge is 0.159 e. The molecule has 4 nitrogen and oxygen atoms in total. The molecule has 1 unspecified atom stereocenters.